The SMILES string of the molecule is C[C@H](NC(=O)c1ccccc1)[C@]1(c2ccc(Br)cc2)N=C(c2ccccc2)SC1=O.C[C@H](NC(=O)c1ccccc1)[C@]1(c2ccc(Br)cc2)N=C(c2ccccc2)SC1=O.C[C@H](NC(=O)c1ccccc1)[C@]1(c2ccc(Br)cc2)N=C(c2ccccc2)SC1=O. The first kappa shape index (κ1) is 64.9. The smallest absolute Gasteiger partial charge is 0.251 e. The summed E-state index contributed by atoms with van der Waals surface area (Å²) in [5.41, 5.74) is 2.90. The summed E-state index contributed by atoms with van der Waals surface area (Å²) in [6.07, 6.45) is 0. The van der Waals surface area contributed by atoms with Crippen LogP contribution in [-0.4, -0.2) is 66.3 Å². The van der Waals surface area contributed by atoms with Crippen LogP contribution in [0.25, 0.3) is 0 Å². The Morgan fingerprint density at radius 3 is 0.733 bits per heavy atom. The molecule has 3 N–H and O–H groups in total. The maximum absolute atomic E-state index is 13.4. The zero-order valence-electron chi connectivity index (χ0n) is 48.6. The van der Waals surface area contributed by atoms with Crippen molar-refractivity contribution in [2.24, 2.45) is 15.0 Å². The van der Waals surface area contributed by atoms with Crippen LogP contribution in [0, 0.1) is 0 Å². The highest BCUT2D eigenvalue weighted by molar-refractivity contribution is 9.11. The van der Waals surface area contributed by atoms with Gasteiger partial charge in [0.25, 0.3) is 17.7 Å². The standard InChI is InChI=1S/3C24H19BrN2O2S/c3*1-16(26-21(28)17-8-4-2-5-9-17)24(19-12-14-20(25)15-13-19)23(29)30-22(27-24)18-10-6-3-7-11-18/h3*2-16H,1H3,(H,26,28)/t3*16-,24+/m000/s1. The minimum absolute atomic E-state index is 0.107. The lowest BCUT2D eigenvalue weighted by molar-refractivity contribution is -0.116. The first-order valence-corrected chi connectivity index (χ1v) is 33.3. The zero-order chi connectivity index (χ0) is 63.4. The van der Waals surface area contributed by atoms with Crippen molar-refractivity contribution in [1.29, 1.82) is 0 Å². The molecule has 0 unspecified atom stereocenters. The molecule has 90 heavy (non-hydrogen) atoms. The van der Waals surface area contributed by atoms with Gasteiger partial charge in [-0.2, -0.15) is 0 Å². The maximum Gasteiger partial charge on any atom is 0.251 e. The normalized spacial score (nSPS) is 19.3. The number of halogens is 3. The number of carbonyl (C=O) groups is 6. The molecule has 0 saturated carbocycles. The predicted octanol–water partition coefficient (Wildman–Crippen LogP) is 15.5. The van der Waals surface area contributed by atoms with E-state index in [2.05, 4.69) is 63.7 Å². The van der Waals surface area contributed by atoms with Gasteiger partial charge in [0.2, 0.25) is 15.3 Å². The highest BCUT2D eigenvalue weighted by Gasteiger charge is 2.53. The summed E-state index contributed by atoms with van der Waals surface area (Å²) in [6, 6.07) is 76.8. The number of hydrogen-bond donors (Lipinski definition) is 3. The summed E-state index contributed by atoms with van der Waals surface area (Å²) >= 11 is 13.7. The second-order valence-corrected chi connectivity index (χ2v) is 26.7. The summed E-state index contributed by atoms with van der Waals surface area (Å²) in [6.45, 7) is 5.50. The average Bonchev–Trinajstić information content (AvgIpc) is 1.59. The number of aliphatic imine (C=N–C) groups is 3. The van der Waals surface area contributed by atoms with E-state index in [0.717, 1.165) is 82.1 Å². The summed E-state index contributed by atoms with van der Waals surface area (Å²) in [4.78, 5) is 93.4. The molecule has 3 heterocycles. The number of nitrogens with zero attached hydrogens (tertiary/aromatic N) is 3. The highest BCUT2D eigenvalue weighted by Crippen LogP contribution is 2.46. The fourth-order valence-corrected chi connectivity index (χ4v) is 14.6. The molecular weight excluding hydrogens is 1380 g/mol. The number of benzene rings is 9. The maximum atomic E-state index is 13.4. The number of hydrogen-bond acceptors (Lipinski definition) is 12. The van der Waals surface area contributed by atoms with E-state index in [1.54, 1.807) is 36.4 Å². The van der Waals surface area contributed by atoms with Gasteiger partial charge < -0.3 is 16.0 Å². The Hall–Kier alpha value is -8.10. The predicted molar refractivity (Wildman–Crippen MR) is 374 cm³/mol. The van der Waals surface area contributed by atoms with Gasteiger partial charge in [-0.1, -0.05) is 230 Å². The first-order valence-electron chi connectivity index (χ1n) is 28.5. The number of rotatable bonds is 15. The van der Waals surface area contributed by atoms with Crippen molar-refractivity contribution in [1.82, 2.24) is 16.0 Å². The third-order valence-electron chi connectivity index (χ3n) is 15.3. The van der Waals surface area contributed by atoms with Crippen LogP contribution in [0.4, 0.5) is 0 Å². The van der Waals surface area contributed by atoms with Gasteiger partial charge in [0.15, 0.2) is 16.6 Å². The van der Waals surface area contributed by atoms with Crippen molar-refractivity contribution in [2.45, 2.75) is 55.5 Å². The molecule has 3 aliphatic rings. The Kier molecular flexibility index (Phi) is 21.1. The van der Waals surface area contributed by atoms with Gasteiger partial charge in [-0.3, -0.25) is 43.7 Å². The highest BCUT2D eigenvalue weighted by atomic mass is 79.9. The lowest BCUT2D eigenvalue weighted by atomic mass is 9.84. The molecule has 9 aromatic carbocycles. The molecule has 0 spiro atoms. The lowest BCUT2D eigenvalue weighted by Gasteiger charge is -2.31. The van der Waals surface area contributed by atoms with Crippen molar-refractivity contribution in [3.05, 3.63) is 318 Å². The van der Waals surface area contributed by atoms with Crippen LogP contribution in [0.1, 0.15) is 85.2 Å². The van der Waals surface area contributed by atoms with Gasteiger partial charge in [0, 0.05) is 46.8 Å². The summed E-state index contributed by atoms with van der Waals surface area (Å²) in [7, 11) is 0. The van der Waals surface area contributed by atoms with Gasteiger partial charge >= 0.3 is 0 Å². The van der Waals surface area contributed by atoms with Crippen LogP contribution in [0.5, 0.6) is 0 Å². The monoisotopic (exact) mass is 1430 g/mol. The molecule has 0 aliphatic carbocycles. The number of carbonyl (C=O) groups excluding carboxylic acids is 6. The fraction of sp³-hybridized carbons (Fsp3) is 0.125. The first-order chi connectivity index (χ1) is 43.5. The van der Waals surface area contributed by atoms with Crippen molar-refractivity contribution >= 4 is 131 Å². The largest absolute Gasteiger partial charge is 0.346 e. The Morgan fingerprint density at radius 1 is 0.322 bits per heavy atom. The van der Waals surface area contributed by atoms with Crippen LogP contribution in [0.15, 0.2) is 283 Å². The minimum Gasteiger partial charge on any atom is -0.346 e. The van der Waals surface area contributed by atoms with Gasteiger partial charge in [-0.25, -0.2) is 0 Å². The van der Waals surface area contributed by atoms with E-state index in [-0.39, 0.29) is 33.1 Å². The van der Waals surface area contributed by atoms with Crippen LogP contribution in [0.2, 0.25) is 0 Å². The van der Waals surface area contributed by atoms with E-state index in [1.807, 2.05) is 239 Å². The number of thioether (sulfide) groups is 3. The molecule has 12 rings (SSSR count). The third-order valence-corrected chi connectivity index (χ3v) is 19.9. The molecule has 0 saturated heterocycles. The van der Waals surface area contributed by atoms with E-state index in [1.165, 1.54) is 0 Å². The van der Waals surface area contributed by atoms with Crippen LogP contribution in [0.3, 0.4) is 0 Å². The van der Waals surface area contributed by atoms with E-state index < -0.39 is 34.7 Å². The van der Waals surface area contributed by atoms with Gasteiger partial charge in [0.05, 0.1) is 18.1 Å². The fourth-order valence-electron chi connectivity index (χ4n) is 10.4. The van der Waals surface area contributed by atoms with Crippen molar-refractivity contribution < 1.29 is 28.8 Å². The van der Waals surface area contributed by atoms with Crippen molar-refractivity contribution in [3.63, 3.8) is 0 Å². The topological polar surface area (TPSA) is 176 Å². The average molecular weight is 1440 g/mol. The van der Waals surface area contributed by atoms with E-state index in [9.17, 15) is 28.8 Å². The van der Waals surface area contributed by atoms with Crippen LogP contribution in [-0.2, 0) is 31.0 Å². The third kappa shape index (κ3) is 14.2. The molecular formula is C72H57Br3N6O6S3. The van der Waals surface area contributed by atoms with Gasteiger partial charge in [0.1, 0.15) is 15.1 Å². The summed E-state index contributed by atoms with van der Waals surface area (Å²) in [5.74, 6) is -0.706. The van der Waals surface area contributed by atoms with Gasteiger partial charge in [-0.05, 0) is 146 Å². The molecule has 18 heteroatoms. The van der Waals surface area contributed by atoms with E-state index >= 15 is 0 Å². The Morgan fingerprint density at radius 2 is 0.522 bits per heavy atom. The molecule has 3 aliphatic heterocycles. The molecule has 0 radical (unpaired) electrons. The van der Waals surface area contributed by atoms with Crippen LogP contribution < -0.4 is 16.0 Å². The minimum atomic E-state index is -1.21. The number of amides is 3. The Balaban J connectivity index is 0.000000148. The molecule has 9 aromatic rings. The molecule has 0 aromatic heterocycles. The van der Waals surface area contributed by atoms with Crippen molar-refractivity contribution in [3.8, 4) is 0 Å². The van der Waals surface area contributed by atoms with Crippen LogP contribution >= 0.6 is 83.1 Å². The van der Waals surface area contributed by atoms with E-state index in [0.29, 0.717) is 31.8 Å². The second-order valence-electron chi connectivity index (χ2n) is 21.0. The molecule has 0 fully saturated rings. The quantitative estimate of drug-likeness (QED) is 0.0902. The Bertz CT molecular complexity index is 3730. The molecule has 0 bridgehead atoms. The summed E-state index contributed by atoms with van der Waals surface area (Å²) in [5, 5.41) is 10.7. The Labute approximate surface area is 560 Å². The number of nitrogens with one attached hydrogen (secondary N) is 3. The molecule has 12 nitrogen and oxygen atoms in total. The molecule has 3 amide bonds. The summed E-state index contributed by atoms with van der Waals surface area (Å²) < 4.78 is 2.73. The second kappa shape index (κ2) is 29.2. The molecule has 450 valence electrons. The lowest BCUT2D eigenvalue weighted by Crippen LogP contribution is -2.50. The zero-order valence-corrected chi connectivity index (χ0v) is 55.8. The molecule has 6 atom stereocenters. The van der Waals surface area contributed by atoms with E-state index in [4.69, 9.17) is 15.0 Å². The van der Waals surface area contributed by atoms with Crippen molar-refractivity contribution in [2.75, 3.05) is 0 Å². The van der Waals surface area contributed by atoms with Gasteiger partial charge in [-0.15, -0.1) is 0 Å².